The number of aromatic carboxylic acids is 1. The van der Waals surface area contributed by atoms with Crippen molar-refractivity contribution in [2.24, 2.45) is 0 Å². The third-order valence-corrected chi connectivity index (χ3v) is 2.55. The van der Waals surface area contributed by atoms with E-state index in [0.717, 1.165) is 18.2 Å². The van der Waals surface area contributed by atoms with Gasteiger partial charge >= 0.3 is 11.7 Å². The molecule has 0 bridgehead atoms. The SMILES string of the molecule is Cc1cnc(Oc2cc(F)ccc2C(=O)O)c([N+](=O)[O-])c1. The molecule has 1 aromatic carbocycles. The van der Waals surface area contributed by atoms with E-state index >= 15 is 0 Å². The summed E-state index contributed by atoms with van der Waals surface area (Å²) in [4.78, 5) is 25.0. The van der Waals surface area contributed by atoms with Gasteiger partial charge < -0.3 is 9.84 Å². The van der Waals surface area contributed by atoms with E-state index < -0.39 is 28.3 Å². The monoisotopic (exact) mass is 292 g/mol. The topological polar surface area (TPSA) is 103 Å². The number of carboxylic acids is 1. The van der Waals surface area contributed by atoms with Gasteiger partial charge in [-0.1, -0.05) is 0 Å². The Balaban J connectivity index is 2.50. The van der Waals surface area contributed by atoms with Crippen molar-refractivity contribution >= 4 is 11.7 Å². The molecule has 2 rings (SSSR count). The van der Waals surface area contributed by atoms with Crippen LogP contribution in [0, 0.1) is 22.9 Å². The lowest BCUT2D eigenvalue weighted by Crippen LogP contribution is -2.03. The number of pyridine rings is 1. The Bertz CT molecular complexity index is 732. The molecule has 0 spiro atoms. The number of halogens is 1. The van der Waals surface area contributed by atoms with Gasteiger partial charge in [0, 0.05) is 18.3 Å². The molecule has 0 aliphatic carbocycles. The van der Waals surface area contributed by atoms with Gasteiger partial charge in [0.25, 0.3) is 5.88 Å². The molecule has 108 valence electrons. The van der Waals surface area contributed by atoms with E-state index in [1.807, 2.05) is 0 Å². The summed E-state index contributed by atoms with van der Waals surface area (Å²) in [6, 6.07) is 4.01. The summed E-state index contributed by atoms with van der Waals surface area (Å²) in [7, 11) is 0. The van der Waals surface area contributed by atoms with Crippen molar-refractivity contribution < 1.29 is 24.0 Å². The summed E-state index contributed by atoms with van der Waals surface area (Å²) in [5.41, 5.74) is -0.226. The zero-order valence-corrected chi connectivity index (χ0v) is 10.7. The number of aromatic nitrogens is 1. The number of carboxylic acid groups (broad SMARTS) is 1. The van der Waals surface area contributed by atoms with Crippen molar-refractivity contribution in [1.82, 2.24) is 4.98 Å². The Labute approximate surface area is 117 Å². The molecule has 0 amide bonds. The highest BCUT2D eigenvalue weighted by Gasteiger charge is 2.21. The van der Waals surface area contributed by atoms with Crippen LogP contribution >= 0.6 is 0 Å². The van der Waals surface area contributed by atoms with Gasteiger partial charge in [-0.05, 0) is 24.6 Å². The van der Waals surface area contributed by atoms with Crippen LogP contribution in [0.4, 0.5) is 10.1 Å². The zero-order chi connectivity index (χ0) is 15.6. The molecule has 2 aromatic rings. The number of hydrogen-bond acceptors (Lipinski definition) is 5. The van der Waals surface area contributed by atoms with Crippen LogP contribution in [0.3, 0.4) is 0 Å². The Hall–Kier alpha value is -3.03. The average Bonchev–Trinajstić information content (AvgIpc) is 2.40. The molecule has 7 nitrogen and oxygen atoms in total. The number of carbonyl (C=O) groups is 1. The minimum atomic E-state index is -1.35. The Morgan fingerprint density at radius 3 is 2.76 bits per heavy atom. The van der Waals surface area contributed by atoms with E-state index in [2.05, 4.69) is 4.98 Å². The molecule has 0 unspecified atom stereocenters. The highest BCUT2D eigenvalue weighted by Crippen LogP contribution is 2.31. The maximum atomic E-state index is 13.2. The smallest absolute Gasteiger partial charge is 0.339 e. The molecular weight excluding hydrogens is 283 g/mol. The lowest BCUT2D eigenvalue weighted by Gasteiger charge is -2.08. The first-order chi connectivity index (χ1) is 9.88. The van der Waals surface area contributed by atoms with Crippen LogP contribution in [0.5, 0.6) is 11.6 Å². The fourth-order valence-electron chi connectivity index (χ4n) is 1.61. The molecule has 1 aromatic heterocycles. The molecule has 0 aliphatic rings. The number of aryl methyl sites for hydroxylation is 1. The Morgan fingerprint density at radius 2 is 2.14 bits per heavy atom. The van der Waals surface area contributed by atoms with Crippen LogP contribution in [0.15, 0.2) is 30.5 Å². The van der Waals surface area contributed by atoms with Gasteiger partial charge in [0.2, 0.25) is 0 Å². The van der Waals surface area contributed by atoms with Gasteiger partial charge in [0.1, 0.15) is 17.1 Å². The molecule has 0 fully saturated rings. The van der Waals surface area contributed by atoms with Crippen molar-refractivity contribution in [3.63, 3.8) is 0 Å². The fourth-order valence-corrected chi connectivity index (χ4v) is 1.61. The second-order valence-electron chi connectivity index (χ2n) is 4.14. The van der Waals surface area contributed by atoms with Crippen molar-refractivity contribution in [3.05, 3.63) is 57.5 Å². The average molecular weight is 292 g/mol. The molecule has 0 saturated carbocycles. The lowest BCUT2D eigenvalue weighted by atomic mass is 10.2. The summed E-state index contributed by atoms with van der Waals surface area (Å²) in [5.74, 6) is -2.84. The van der Waals surface area contributed by atoms with Crippen molar-refractivity contribution in [2.75, 3.05) is 0 Å². The molecule has 21 heavy (non-hydrogen) atoms. The highest BCUT2D eigenvalue weighted by atomic mass is 19.1. The standard InChI is InChI=1S/C13H9FN2O5/c1-7-4-10(16(19)20)12(15-6-7)21-11-5-8(14)2-3-9(11)13(17)18/h2-6H,1H3,(H,17,18). The van der Waals surface area contributed by atoms with Crippen LogP contribution in [0.1, 0.15) is 15.9 Å². The normalized spacial score (nSPS) is 10.2. The summed E-state index contributed by atoms with van der Waals surface area (Å²) < 4.78 is 18.3. The molecule has 8 heteroatoms. The largest absolute Gasteiger partial charge is 0.478 e. The number of nitro groups is 1. The molecule has 0 atom stereocenters. The number of hydrogen-bond donors (Lipinski definition) is 1. The molecule has 0 aliphatic heterocycles. The van der Waals surface area contributed by atoms with Gasteiger partial charge in [0.15, 0.2) is 0 Å². The van der Waals surface area contributed by atoms with Crippen molar-refractivity contribution in [3.8, 4) is 11.6 Å². The summed E-state index contributed by atoms with van der Waals surface area (Å²) >= 11 is 0. The van der Waals surface area contributed by atoms with Gasteiger partial charge in [-0.15, -0.1) is 0 Å². The van der Waals surface area contributed by atoms with E-state index in [1.165, 1.54) is 12.3 Å². The highest BCUT2D eigenvalue weighted by molar-refractivity contribution is 5.91. The van der Waals surface area contributed by atoms with Crippen molar-refractivity contribution in [2.45, 2.75) is 6.92 Å². The Kier molecular flexibility index (Phi) is 3.79. The second-order valence-corrected chi connectivity index (χ2v) is 4.14. The van der Waals surface area contributed by atoms with Gasteiger partial charge in [-0.25, -0.2) is 14.2 Å². The first-order valence-electron chi connectivity index (χ1n) is 5.70. The van der Waals surface area contributed by atoms with E-state index in [1.54, 1.807) is 6.92 Å². The summed E-state index contributed by atoms with van der Waals surface area (Å²) in [6.07, 6.45) is 1.32. The zero-order valence-electron chi connectivity index (χ0n) is 10.7. The minimum Gasteiger partial charge on any atom is -0.478 e. The number of rotatable bonds is 4. The lowest BCUT2D eigenvalue weighted by molar-refractivity contribution is -0.386. The first kappa shape index (κ1) is 14.4. The maximum Gasteiger partial charge on any atom is 0.339 e. The molecule has 0 saturated heterocycles. The summed E-state index contributed by atoms with van der Waals surface area (Å²) in [5, 5.41) is 19.9. The molecule has 0 radical (unpaired) electrons. The van der Waals surface area contributed by atoms with Gasteiger partial charge in [-0.3, -0.25) is 10.1 Å². The van der Waals surface area contributed by atoms with E-state index in [0.29, 0.717) is 5.56 Å². The van der Waals surface area contributed by atoms with Crippen LogP contribution in [0.25, 0.3) is 0 Å². The maximum absolute atomic E-state index is 13.2. The van der Waals surface area contributed by atoms with Crippen LogP contribution in [-0.2, 0) is 0 Å². The van der Waals surface area contributed by atoms with Crippen molar-refractivity contribution in [1.29, 1.82) is 0 Å². The summed E-state index contributed by atoms with van der Waals surface area (Å²) in [6.45, 7) is 1.61. The molecule has 1 N–H and O–H groups in total. The Morgan fingerprint density at radius 1 is 1.43 bits per heavy atom. The molecular formula is C13H9FN2O5. The third kappa shape index (κ3) is 3.11. The van der Waals surface area contributed by atoms with Gasteiger partial charge in [0.05, 0.1) is 4.92 Å². The predicted octanol–water partition coefficient (Wildman–Crippen LogP) is 2.93. The second kappa shape index (κ2) is 5.53. The van der Waals surface area contributed by atoms with Crippen LogP contribution in [0.2, 0.25) is 0 Å². The van der Waals surface area contributed by atoms with Crippen LogP contribution in [-0.4, -0.2) is 21.0 Å². The minimum absolute atomic E-state index is 0.326. The fraction of sp³-hybridized carbons (Fsp3) is 0.0769. The quantitative estimate of drug-likeness (QED) is 0.686. The van der Waals surface area contributed by atoms with E-state index in [-0.39, 0.29) is 11.3 Å². The number of nitrogens with zero attached hydrogens (tertiary/aromatic N) is 2. The number of benzene rings is 1. The van der Waals surface area contributed by atoms with E-state index in [4.69, 9.17) is 9.84 Å². The first-order valence-corrected chi connectivity index (χ1v) is 5.70. The van der Waals surface area contributed by atoms with Gasteiger partial charge in [-0.2, -0.15) is 0 Å². The third-order valence-electron chi connectivity index (χ3n) is 2.55. The molecule has 1 heterocycles. The van der Waals surface area contributed by atoms with Crippen LogP contribution < -0.4 is 4.74 Å². The number of ether oxygens (including phenoxy) is 1. The predicted molar refractivity (Wildman–Crippen MR) is 69.1 cm³/mol. The van der Waals surface area contributed by atoms with E-state index in [9.17, 15) is 19.3 Å².